The molecule has 0 aliphatic carbocycles. The maximum atomic E-state index is 11.9. The van der Waals surface area contributed by atoms with E-state index in [1.165, 1.54) is 0 Å². The summed E-state index contributed by atoms with van der Waals surface area (Å²) in [6.45, 7) is 6.40. The molecule has 0 saturated carbocycles. The van der Waals surface area contributed by atoms with E-state index in [0.717, 1.165) is 21.9 Å². The van der Waals surface area contributed by atoms with Crippen molar-refractivity contribution in [3.05, 3.63) is 58.9 Å². The molecule has 2 N–H and O–H groups in total. The summed E-state index contributed by atoms with van der Waals surface area (Å²) in [6, 6.07) is 10.4. The molecule has 2 aromatic rings. The Labute approximate surface area is 158 Å². The second kappa shape index (κ2) is 9.20. The second-order valence-corrected chi connectivity index (χ2v) is 6.18. The molecule has 0 spiro atoms. The number of pyridine rings is 1. The number of carbonyl (C=O) groups is 1. The molecule has 1 aromatic heterocycles. The minimum atomic E-state index is -0.0940. The van der Waals surface area contributed by atoms with Gasteiger partial charge in [-0.3, -0.25) is 9.63 Å². The van der Waals surface area contributed by atoms with Crippen molar-refractivity contribution in [3.63, 3.8) is 0 Å². The van der Waals surface area contributed by atoms with Crippen LogP contribution in [-0.2, 0) is 11.4 Å². The zero-order chi connectivity index (χ0) is 19.1. The van der Waals surface area contributed by atoms with Crippen molar-refractivity contribution in [3.8, 4) is 5.75 Å². The first-order valence-electron chi connectivity index (χ1n) is 8.39. The number of benzene rings is 1. The smallest absolute Gasteiger partial charge is 0.319 e. The van der Waals surface area contributed by atoms with Crippen LogP contribution in [0.2, 0.25) is 0 Å². The first-order chi connectivity index (χ1) is 12.4. The lowest BCUT2D eigenvalue weighted by atomic mass is 10.1. The molecule has 1 aromatic carbocycles. The van der Waals surface area contributed by atoms with Crippen LogP contribution in [0.1, 0.15) is 47.6 Å². The van der Waals surface area contributed by atoms with Gasteiger partial charge in [0.1, 0.15) is 5.75 Å². The zero-order valence-corrected chi connectivity index (χ0v) is 15.9. The van der Waals surface area contributed by atoms with Gasteiger partial charge in [0, 0.05) is 24.7 Å². The lowest BCUT2D eigenvalue weighted by Gasteiger charge is -2.05. The van der Waals surface area contributed by atoms with E-state index in [1.54, 1.807) is 31.2 Å². The average Bonchev–Trinajstić information content (AvgIpc) is 2.65. The summed E-state index contributed by atoms with van der Waals surface area (Å²) in [5.41, 5.74) is 3.06. The third-order valence-corrected chi connectivity index (χ3v) is 4.07. The molecular weight excluding hydrogens is 354 g/mol. The first-order valence-corrected chi connectivity index (χ1v) is 8.72. The van der Waals surface area contributed by atoms with Crippen LogP contribution in [0, 0.1) is 6.92 Å². The van der Waals surface area contributed by atoms with Gasteiger partial charge in [-0.15, -0.1) is 0 Å². The predicted octanol–water partition coefficient (Wildman–Crippen LogP) is 3.34. The molecular formula is C19H23ClN3O3+. The highest BCUT2D eigenvalue weighted by molar-refractivity contribution is 6.10. The molecule has 0 bridgehead atoms. The van der Waals surface area contributed by atoms with Crippen molar-refractivity contribution < 1.29 is 19.0 Å². The third-order valence-electron chi connectivity index (χ3n) is 3.72. The van der Waals surface area contributed by atoms with Crippen LogP contribution in [0.25, 0.3) is 0 Å². The molecule has 0 fully saturated rings. The highest BCUT2D eigenvalue weighted by Crippen LogP contribution is 2.16. The summed E-state index contributed by atoms with van der Waals surface area (Å²) in [4.78, 5) is 21.7. The Hall–Kier alpha value is -2.60. The maximum Gasteiger partial charge on any atom is 0.319 e. The molecule has 26 heavy (non-hydrogen) atoms. The minimum absolute atomic E-state index is 0.0322. The van der Waals surface area contributed by atoms with Crippen LogP contribution in [-0.4, -0.2) is 32.5 Å². The number of rotatable bonds is 7. The van der Waals surface area contributed by atoms with Gasteiger partial charge in [-0.2, -0.15) is 0 Å². The van der Waals surface area contributed by atoms with Gasteiger partial charge >= 0.3 is 11.8 Å². The monoisotopic (exact) mass is 376 g/mol. The van der Waals surface area contributed by atoms with Crippen molar-refractivity contribution in [2.75, 3.05) is 6.54 Å². The number of hydrogen-bond donors (Lipinski definition) is 2. The molecule has 0 radical (unpaired) electrons. The Morgan fingerprint density at radius 1 is 1.27 bits per heavy atom. The summed E-state index contributed by atoms with van der Waals surface area (Å²) in [7, 11) is 0. The zero-order valence-electron chi connectivity index (χ0n) is 15.1. The maximum absolute atomic E-state index is 11.9. The van der Waals surface area contributed by atoms with E-state index in [4.69, 9.17) is 16.6 Å². The van der Waals surface area contributed by atoms with E-state index >= 15 is 0 Å². The second-order valence-electron chi connectivity index (χ2n) is 5.88. The molecule has 0 aliphatic heterocycles. The van der Waals surface area contributed by atoms with E-state index in [1.807, 2.05) is 26.0 Å². The normalized spacial score (nSPS) is 11.7. The predicted molar refractivity (Wildman–Crippen MR) is 100 cm³/mol. The summed E-state index contributed by atoms with van der Waals surface area (Å²) in [6.07, 6.45) is 0.893. The van der Waals surface area contributed by atoms with Crippen LogP contribution in [0.4, 0.5) is 0 Å². The molecule has 0 aliphatic rings. The molecule has 0 atom stereocenters. The summed E-state index contributed by atoms with van der Waals surface area (Å²) in [5.74, 6) is -0.0618. The molecule has 0 unspecified atom stereocenters. The van der Waals surface area contributed by atoms with Crippen molar-refractivity contribution in [1.29, 1.82) is 0 Å². The van der Waals surface area contributed by atoms with E-state index in [2.05, 4.69) is 10.3 Å². The first kappa shape index (κ1) is 19.7. The average molecular weight is 377 g/mol. The summed E-state index contributed by atoms with van der Waals surface area (Å²) >= 11 is 6.14. The van der Waals surface area contributed by atoms with Gasteiger partial charge in [-0.05, 0) is 43.2 Å². The number of aryl methyl sites for hydroxylation is 1. The number of aromatic hydroxyl groups is 1. The van der Waals surface area contributed by atoms with Crippen LogP contribution < -0.4 is 5.32 Å². The molecule has 6 nitrogen and oxygen atoms in total. The molecule has 1 amide bonds. The minimum Gasteiger partial charge on any atom is -0.505 e. The van der Waals surface area contributed by atoms with Gasteiger partial charge in [0.15, 0.2) is 12.3 Å². The van der Waals surface area contributed by atoms with Crippen molar-refractivity contribution in [1.82, 2.24) is 10.3 Å². The van der Waals surface area contributed by atoms with Crippen molar-refractivity contribution in [2.45, 2.75) is 33.8 Å². The van der Waals surface area contributed by atoms with E-state index in [-0.39, 0.29) is 18.3 Å². The molecule has 0 saturated heterocycles. The van der Waals surface area contributed by atoms with Crippen LogP contribution >= 0.6 is 11.8 Å². The lowest BCUT2D eigenvalue weighted by molar-refractivity contribution is -0.688. The highest BCUT2D eigenvalue weighted by atomic mass is 35.5. The van der Waals surface area contributed by atoms with Crippen LogP contribution in [0.5, 0.6) is 5.75 Å². The summed E-state index contributed by atoms with van der Waals surface area (Å²) < 4.78 is 1.06. The Morgan fingerprint density at radius 3 is 2.62 bits per heavy atom. The Balaban J connectivity index is 2.03. The lowest BCUT2D eigenvalue weighted by Crippen LogP contribution is -2.23. The van der Waals surface area contributed by atoms with Gasteiger partial charge in [-0.25, -0.2) is 4.98 Å². The van der Waals surface area contributed by atoms with E-state index < -0.39 is 0 Å². The van der Waals surface area contributed by atoms with Gasteiger partial charge in [0.25, 0.3) is 11.6 Å². The Morgan fingerprint density at radius 2 is 1.96 bits per heavy atom. The molecule has 1 heterocycles. The number of amides is 1. The van der Waals surface area contributed by atoms with Crippen LogP contribution in [0.15, 0.2) is 36.4 Å². The van der Waals surface area contributed by atoms with Gasteiger partial charge < -0.3 is 10.4 Å². The number of aromatic nitrogens is 1. The largest absolute Gasteiger partial charge is 0.505 e. The SMILES string of the molecule is CCCNC(=O)c1ccc(CO[N+](Cl)=C(C)c2nc(C)ccc2O)cc1. The van der Waals surface area contributed by atoms with Crippen LogP contribution in [0.3, 0.4) is 0 Å². The number of halogens is 1. The van der Waals surface area contributed by atoms with E-state index in [0.29, 0.717) is 23.5 Å². The molecule has 2 rings (SSSR count). The topological polar surface area (TPSA) is 74.5 Å². The summed E-state index contributed by atoms with van der Waals surface area (Å²) in [5, 5.41) is 12.7. The quantitative estimate of drug-likeness (QED) is 0.441. The number of nitrogens with one attached hydrogen (secondary N) is 1. The molecule has 138 valence electrons. The van der Waals surface area contributed by atoms with Gasteiger partial charge in [0.05, 0.1) is 4.26 Å². The fourth-order valence-electron chi connectivity index (χ4n) is 2.22. The number of hydrogen-bond acceptors (Lipinski definition) is 4. The highest BCUT2D eigenvalue weighted by Gasteiger charge is 2.19. The fraction of sp³-hybridized carbons (Fsp3) is 0.316. The standard InChI is InChI=1S/C19H22ClN3O3/c1-4-11-21-19(25)16-8-6-15(7-9-16)12-26-23(20)14(3)18-17(24)10-5-13(2)22-18/h5-10H,4,11-12H2,1-3H3,(H,21,25)/p+1. The van der Waals surface area contributed by atoms with Crippen molar-refractivity contribution in [2.24, 2.45) is 0 Å². The fourth-order valence-corrected chi connectivity index (χ4v) is 2.35. The van der Waals surface area contributed by atoms with E-state index in [9.17, 15) is 9.90 Å². The van der Waals surface area contributed by atoms with Crippen molar-refractivity contribution >= 4 is 23.4 Å². The number of nitrogens with zero attached hydrogens (tertiary/aromatic N) is 2. The Bertz CT molecular complexity index is 804. The van der Waals surface area contributed by atoms with Gasteiger partial charge in [0.2, 0.25) is 0 Å². The van der Waals surface area contributed by atoms with Gasteiger partial charge in [-0.1, -0.05) is 19.1 Å². The third kappa shape index (κ3) is 5.20. The molecule has 7 heteroatoms. The number of carbonyl (C=O) groups excluding carboxylic acids is 1. The Kier molecular flexibility index (Phi) is 6.97.